The standard InChI is InChI=1S/C14H9Cl2N5O/c15-9-1-3-10(4-2-9)18-14(22)12-7-11(5-6-13(12)16)21-8-17-19-20-21/h1-8H,(H,18,22). The van der Waals surface area contributed by atoms with Gasteiger partial charge in [0.15, 0.2) is 0 Å². The maximum Gasteiger partial charge on any atom is 0.257 e. The molecule has 0 saturated carbocycles. The molecule has 0 aliphatic carbocycles. The number of amides is 1. The van der Waals surface area contributed by atoms with Gasteiger partial charge in [0.2, 0.25) is 0 Å². The van der Waals surface area contributed by atoms with Crippen LogP contribution in [0.5, 0.6) is 0 Å². The third-order valence-electron chi connectivity index (χ3n) is 2.91. The Kier molecular flexibility index (Phi) is 4.04. The van der Waals surface area contributed by atoms with Gasteiger partial charge in [0, 0.05) is 10.7 Å². The van der Waals surface area contributed by atoms with Crippen LogP contribution in [0.4, 0.5) is 5.69 Å². The summed E-state index contributed by atoms with van der Waals surface area (Å²) in [6, 6.07) is 11.8. The predicted molar refractivity (Wildman–Crippen MR) is 83.6 cm³/mol. The molecule has 0 radical (unpaired) electrons. The largest absolute Gasteiger partial charge is 0.322 e. The van der Waals surface area contributed by atoms with E-state index in [0.29, 0.717) is 27.0 Å². The van der Waals surface area contributed by atoms with Gasteiger partial charge in [-0.15, -0.1) is 5.10 Å². The lowest BCUT2D eigenvalue weighted by molar-refractivity contribution is 0.102. The van der Waals surface area contributed by atoms with Gasteiger partial charge in [-0.2, -0.15) is 0 Å². The number of hydrogen-bond donors (Lipinski definition) is 1. The van der Waals surface area contributed by atoms with Crippen LogP contribution in [0.15, 0.2) is 48.8 Å². The van der Waals surface area contributed by atoms with Crippen molar-refractivity contribution < 1.29 is 4.79 Å². The normalized spacial score (nSPS) is 10.5. The summed E-state index contributed by atoms with van der Waals surface area (Å²) < 4.78 is 1.44. The highest BCUT2D eigenvalue weighted by Gasteiger charge is 2.13. The number of rotatable bonds is 3. The van der Waals surface area contributed by atoms with E-state index in [1.165, 1.54) is 11.0 Å². The first kappa shape index (κ1) is 14.5. The highest BCUT2D eigenvalue weighted by Crippen LogP contribution is 2.21. The van der Waals surface area contributed by atoms with E-state index in [-0.39, 0.29) is 5.91 Å². The molecular weight excluding hydrogens is 325 g/mol. The van der Waals surface area contributed by atoms with Crippen molar-refractivity contribution in [2.24, 2.45) is 0 Å². The van der Waals surface area contributed by atoms with Crippen molar-refractivity contribution in [3.8, 4) is 5.69 Å². The molecule has 0 fully saturated rings. The Bertz CT molecular complexity index is 803. The van der Waals surface area contributed by atoms with Crippen LogP contribution in [0, 0.1) is 0 Å². The van der Waals surface area contributed by atoms with Crippen LogP contribution in [0.1, 0.15) is 10.4 Å². The Labute approximate surface area is 135 Å². The maximum atomic E-state index is 12.4. The molecule has 22 heavy (non-hydrogen) atoms. The molecule has 3 aromatic rings. The van der Waals surface area contributed by atoms with Crippen molar-refractivity contribution in [3.63, 3.8) is 0 Å². The fourth-order valence-corrected chi connectivity index (χ4v) is 2.17. The van der Waals surface area contributed by atoms with E-state index in [0.717, 1.165) is 0 Å². The van der Waals surface area contributed by atoms with E-state index in [9.17, 15) is 4.79 Å². The SMILES string of the molecule is O=C(Nc1ccc(Cl)cc1)c1cc(-n2cnnn2)ccc1Cl. The van der Waals surface area contributed by atoms with Crippen LogP contribution < -0.4 is 5.32 Å². The molecule has 0 unspecified atom stereocenters. The number of carbonyl (C=O) groups is 1. The van der Waals surface area contributed by atoms with Crippen molar-refractivity contribution in [2.45, 2.75) is 0 Å². The first-order chi connectivity index (χ1) is 10.6. The zero-order valence-electron chi connectivity index (χ0n) is 11.1. The van der Waals surface area contributed by atoms with Gasteiger partial charge in [0.1, 0.15) is 6.33 Å². The minimum atomic E-state index is -0.331. The Morgan fingerprint density at radius 3 is 2.55 bits per heavy atom. The van der Waals surface area contributed by atoms with Gasteiger partial charge >= 0.3 is 0 Å². The van der Waals surface area contributed by atoms with Gasteiger partial charge < -0.3 is 5.32 Å². The van der Waals surface area contributed by atoms with E-state index in [1.807, 2.05) is 0 Å². The fraction of sp³-hybridized carbons (Fsp3) is 0. The maximum absolute atomic E-state index is 12.4. The average Bonchev–Trinajstić information content (AvgIpc) is 3.04. The molecule has 1 heterocycles. The number of aromatic nitrogens is 4. The Balaban J connectivity index is 1.88. The number of hydrogen-bond acceptors (Lipinski definition) is 4. The molecule has 1 amide bonds. The lowest BCUT2D eigenvalue weighted by atomic mass is 10.1. The molecule has 2 aromatic carbocycles. The molecular formula is C14H9Cl2N5O. The monoisotopic (exact) mass is 333 g/mol. The molecule has 1 N–H and O–H groups in total. The summed E-state index contributed by atoms with van der Waals surface area (Å²) in [5.41, 5.74) is 1.58. The summed E-state index contributed by atoms with van der Waals surface area (Å²) in [5.74, 6) is -0.331. The third kappa shape index (κ3) is 3.08. The predicted octanol–water partition coefficient (Wildman–Crippen LogP) is 3.22. The summed E-state index contributed by atoms with van der Waals surface area (Å²) in [5, 5.41) is 14.6. The Morgan fingerprint density at radius 2 is 1.86 bits per heavy atom. The number of halogens is 2. The molecule has 0 atom stereocenters. The van der Waals surface area contributed by atoms with Crippen molar-refractivity contribution in [1.29, 1.82) is 0 Å². The van der Waals surface area contributed by atoms with Crippen LogP contribution in [0.25, 0.3) is 5.69 Å². The van der Waals surface area contributed by atoms with E-state index >= 15 is 0 Å². The van der Waals surface area contributed by atoms with Crippen LogP contribution in [-0.4, -0.2) is 26.1 Å². The molecule has 0 spiro atoms. The van der Waals surface area contributed by atoms with Gasteiger partial charge in [-0.25, -0.2) is 4.68 Å². The summed E-state index contributed by atoms with van der Waals surface area (Å²) in [6.07, 6.45) is 1.43. The summed E-state index contributed by atoms with van der Waals surface area (Å²) >= 11 is 11.9. The number of nitrogens with zero attached hydrogens (tertiary/aromatic N) is 4. The highest BCUT2D eigenvalue weighted by atomic mass is 35.5. The van der Waals surface area contributed by atoms with E-state index in [2.05, 4.69) is 20.8 Å². The molecule has 6 nitrogen and oxygen atoms in total. The smallest absolute Gasteiger partial charge is 0.257 e. The summed E-state index contributed by atoms with van der Waals surface area (Å²) in [7, 11) is 0. The summed E-state index contributed by atoms with van der Waals surface area (Å²) in [6.45, 7) is 0. The van der Waals surface area contributed by atoms with E-state index in [4.69, 9.17) is 23.2 Å². The molecule has 0 bridgehead atoms. The van der Waals surface area contributed by atoms with E-state index in [1.54, 1.807) is 42.5 Å². The molecule has 110 valence electrons. The molecule has 1 aromatic heterocycles. The second-order valence-electron chi connectivity index (χ2n) is 4.38. The van der Waals surface area contributed by atoms with Crippen LogP contribution in [-0.2, 0) is 0 Å². The van der Waals surface area contributed by atoms with Gasteiger partial charge in [0.05, 0.1) is 16.3 Å². The van der Waals surface area contributed by atoms with Gasteiger partial charge in [0.25, 0.3) is 5.91 Å². The highest BCUT2D eigenvalue weighted by molar-refractivity contribution is 6.34. The number of benzene rings is 2. The minimum absolute atomic E-state index is 0.324. The molecule has 0 saturated heterocycles. The topological polar surface area (TPSA) is 72.7 Å². The van der Waals surface area contributed by atoms with Crippen LogP contribution >= 0.6 is 23.2 Å². The van der Waals surface area contributed by atoms with E-state index < -0.39 is 0 Å². The van der Waals surface area contributed by atoms with Gasteiger partial charge in [-0.3, -0.25) is 4.79 Å². The van der Waals surface area contributed by atoms with Crippen LogP contribution in [0.2, 0.25) is 10.0 Å². The third-order valence-corrected chi connectivity index (χ3v) is 3.49. The molecule has 0 aliphatic rings. The zero-order chi connectivity index (χ0) is 15.5. The molecule has 0 aliphatic heterocycles. The second kappa shape index (κ2) is 6.13. The lowest BCUT2D eigenvalue weighted by Crippen LogP contribution is -2.13. The van der Waals surface area contributed by atoms with Crippen LogP contribution in [0.3, 0.4) is 0 Å². The van der Waals surface area contributed by atoms with Crippen molar-refractivity contribution >= 4 is 34.8 Å². The lowest BCUT2D eigenvalue weighted by Gasteiger charge is -2.08. The quantitative estimate of drug-likeness (QED) is 0.798. The van der Waals surface area contributed by atoms with Crippen molar-refractivity contribution in [1.82, 2.24) is 20.2 Å². The second-order valence-corrected chi connectivity index (χ2v) is 5.22. The molecule has 8 heteroatoms. The van der Waals surface area contributed by atoms with Gasteiger partial charge in [-0.1, -0.05) is 23.2 Å². The minimum Gasteiger partial charge on any atom is -0.322 e. The first-order valence-corrected chi connectivity index (χ1v) is 6.99. The van der Waals surface area contributed by atoms with Gasteiger partial charge in [-0.05, 0) is 52.9 Å². The zero-order valence-corrected chi connectivity index (χ0v) is 12.6. The Hall–Kier alpha value is -2.44. The number of anilines is 1. The number of nitrogens with one attached hydrogen (secondary N) is 1. The summed E-state index contributed by atoms with van der Waals surface area (Å²) in [4.78, 5) is 12.4. The Morgan fingerprint density at radius 1 is 1.09 bits per heavy atom. The van der Waals surface area contributed by atoms with Crippen molar-refractivity contribution in [3.05, 3.63) is 64.4 Å². The molecule has 3 rings (SSSR count). The fourth-order valence-electron chi connectivity index (χ4n) is 1.84. The van der Waals surface area contributed by atoms with Crippen molar-refractivity contribution in [2.75, 3.05) is 5.32 Å². The average molecular weight is 334 g/mol. The number of tetrazole rings is 1. The first-order valence-electron chi connectivity index (χ1n) is 6.23. The number of carbonyl (C=O) groups excluding carboxylic acids is 1.